The van der Waals surface area contributed by atoms with Crippen molar-refractivity contribution in [3.63, 3.8) is 0 Å². The molecule has 178 valence electrons. The van der Waals surface area contributed by atoms with Gasteiger partial charge in [0.05, 0.1) is 12.2 Å². The Morgan fingerprint density at radius 2 is 1.97 bits per heavy atom. The molecule has 1 saturated heterocycles. The van der Waals surface area contributed by atoms with Gasteiger partial charge >= 0.3 is 0 Å². The third-order valence-corrected chi connectivity index (χ3v) is 7.25. The van der Waals surface area contributed by atoms with Crippen molar-refractivity contribution in [1.29, 1.82) is 0 Å². The molecule has 0 radical (unpaired) electrons. The minimum atomic E-state index is 0.181. The number of hydrogen-bond acceptors (Lipinski definition) is 4. The standard InChI is InChI=1S/C27H34N6O/c1-17(2)26-21-13-20(19-8-10-32(11-9-19)15-25(34)31(4)5)6-7-23(21)30-27(26)22-14-33-24(12-18(22)3)28-16-29-33/h6-7,12-14,16-17,19,30H,8-11,15H2,1-5H3. The van der Waals surface area contributed by atoms with Crippen LogP contribution in [0.1, 0.15) is 55.2 Å². The van der Waals surface area contributed by atoms with E-state index in [0.717, 1.165) is 31.6 Å². The monoisotopic (exact) mass is 458 g/mol. The third-order valence-electron chi connectivity index (χ3n) is 7.25. The molecule has 0 saturated carbocycles. The smallest absolute Gasteiger partial charge is 0.236 e. The van der Waals surface area contributed by atoms with Gasteiger partial charge in [-0.3, -0.25) is 9.69 Å². The Hall–Kier alpha value is -3.19. The molecule has 4 heterocycles. The first-order valence-corrected chi connectivity index (χ1v) is 12.2. The van der Waals surface area contributed by atoms with Crippen LogP contribution < -0.4 is 0 Å². The highest BCUT2D eigenvalue weighted by molar-refractivity contribution is 5.92. The lowest BCUT2D eigenvalue weighted by atomic mass is 9.87. The Balaban J connectivity index is 1.46. The average Bonchev–Trinajstić information content (AvgIpc) is 3.42. The number of nitrogens with zero attached hydrogens (tertiary/aromatic N) is 5. The summed E-state index contributed by atoms with van der Waals surface area (Å²) in [6, 6.07) is 9.02. The Morgan fingerprint density at radius 1 is 1.21 bits per heavy atom. The SMILES string of the molecule is Cc1cc2ncnn2cc1-c1[nH]c2ccc(C3CCN(CC(=O)N(C)C)CC3)cc2c1C(C)C. The second kappa shape index (κ2) is 8.87. The summed E-state index contributed by atoms with van der Waals surface area (Å²) in [7, 11) is 3.65. The van der Waals surface area contributed by atoms with Crippen LogP contribution in [0.15, 0.2) is 36.8 Å². The molecule has 1 fully saturated rings. The van der Waals surface area contributed by atoms with Gasteiger partial charge in [-0.15, -0.1) is 0 Å². The molecule has 7 heteroatoms. The summed E-state index contributed by atoms with van der Waals surface area (Å²) < 4.78 is 1.85. The van der Waals surface area contributed by atoms with Gasteiger partial charge in [0.25, 0.3) is 0 Å². The second-order valence-electron chi connectivity index (χ2n) is 10.1. The first-order valence-electron chi connectivity index (χ1n) is 12.2. The van der Waals surface area contributed by atoms with E-state index in [2.05, 4.69) is 71.2 Å². The van der Waals surface area contributed by atoms with Crippen molar-refractivity contribution < 1.29 is 4.79 Å². The molecule has 1 amide bonds. The van der Waals surface area contributed by atoms with Gasteiger partial charge in [0, 0.05) is 36.8 Å². The molecular weight excluding hydrogens is 424 g/mol. The number of rotatable bonds is 5. The fourth-order valence-electron chi connectivity index (χ4n) is 5.27. The highest BCUT2D eigenvalue weighted by Crippen LogP contribution is 2.39. The van der Waals surface area contributed by atoms with E-state index in [4.69, 9.17) is 0 Å². The predicted octanol–water partition coefficient (Wildman–Crippen LogP) is 4.58. The summed E-state index contributed by atoms with van der Waals surface area (Å²) in [6.45, 7) is 9.13. The number of H-pyrrole nitrogens is 1. The topological polar surface area (TPSA) is 69.5 Å². The number of aromatic nitrogens is 4. The fraction of sp³-hybridized carbons (Fsp3) is 0.444. The summed E-state index contributed by atoms with van der Waals surface area (Å²) in [6.07, 6.45) is 5.85. The molecule has 0 bridgehead atoms. The molecule has 7 nitrogen and oxygen atoms in total. The highest BCUT2D eigenvalue weighted by atomic mass is 16.2. The molecule has 1 aliphatic rings. The average molecular weight is 459 g/mol. The lowest BCUT2D eigenvalue weighted by Gasteiger charge is -2.32. The van der Waals surface area contributed by atoms with Crippen LogP contribution in [0.2, 0.25) is 0 Å². The van der Waals surface area contributed by atoms with Gasteiger partial charge < -0.3 is 9.88 Å². The van der Waals surface area contributed by atoms with Crippen LogP contribution in [-0.2, 0) is 4.79 Å². The molecule has 1 aliphatic heterocycles. The molecule has 0 unspecified atom stereocenters. The minimum absolute atomic E-state index is 0.181. The molecule has 0 spiro atoms. The van der Waals surface area contributed by atoms with E-state index in [9.17, 15) is 4.79 Å². The number of piperidine rings is 1. The van der Waals surface area contributed by atoms with E-state index in [1.165, 1.54) is 38.9 Å². The maximum atomic E-state index is 12.1. The molecule has 3 aromatic heterocycles. The molecule has 4 aromatic rings. The Bertz CT molecular complexity index is 1340. The normalized spacial score (nSPS) is 15.6. The number of likely N-dealkylation sites (tertiary alicyclic amines) is 1. The highest BCUT2D eigenvalue weighted by Gasteiger charge is 2.24. The number of aryl methyl sites for hydroxylation is 1. The van der Waals surface area contributed by atoms with Crippen molar-refractivity contribution in [3.05, 3.63) is 53.5 Å². The van der Waals surface area contributed by atoms with Crippen molar-refractivity contribution in [3.8, 4) is 11.3 Å². The first-order chi connectivity index (χ1) is 16.3. The van der Waals surface area contributed by atoms with Gasteiger partial charge in [-0.2, -0.15) is 5.10 Å². The zero-order valence-electron chi connectivity index (χ0n) is 20.8. The van der Waals surface area contributed by atoms with Crippen molar-refractivity contribution >= 4 is 22.5 Å². The van der Waals surface area contributed by atoms with E-state index in [-0.39, 0.29) is 5.91 Å². The maximum Gasteiger partial charge on any atom is 0.236 e. The van der Waals surface area contributed by atoms with Crippen LogP contribution in [0.5, 0.6) is 0 Å². The van der Waals surface area contributed by atoms with Crippen LogP contribution in [0, 0.1) is 6.92 Å². The lowest BCUT2D eigenvalue weighted by molar-refractivity contribution is -0.130. The summed E-state index contributed by atoms with van der Waals surface area (Å²) in [5, 5.41) is 5.66. The van der Waals surface area contributed by atoms with Gasteiger partial charge in [0.2, 0.25) is 5.91 Å². The number of amides is 1. The van der Waals surface area contributed by atoms with Crippen molar-refractivity contribution in [2.24, 2.45) is 0 Å². The number of fused-ring (bicyclic) bond motifs is 2. The number of benzene rings is 1. The minimum Gasteiger partial charge on any atom is -0.354 e. The lowest BCUT2D eigenvalue weighted by Crippen LogP contribution is -2.40. The van der Waals surface area contributed by atoms with Crippen LogP contribution in [0.25, 0.3) is 27.8 Å². The molecule has 34 heavy (non-hydrogen) atoms. The van der Waals surface area contributed by atoms with Crippen molar-refractivity contribution in [1.82, 2.24) is 29.4 Å². The quantitative estimate of drug-likeness (QED) is 0.475. The Morgan fingerprint density at radius 3 is 2.68 bits per heavy atom. The summed E-state index contributed by atoms with van der Waals surface area (Å²) in [5.41, 5.74) is 8.33. The van der Waals surface area contributed by atoms with Crippen LogP contribution in [0.4, 0.5) is 0 Å². The molecule has 0 aliphatic carbocycles. The van der Waals surface area contributed by atoms with Gasteiger partial charge in [0.1, 0.15) is 6.33 Å². The van der Waals surface area contributed by atoms with Gasteiger partial charge in [-0.05, 0) is 79.6 Å². The maximum absolute atomic E-state index is 12.1. The number of nitrogens with one attached hydrogen (secondary N) is 1. The summed E-state index contributed by atoms with van der Waals surface area (Å²) in [4.78, 5) is 24.1. The molecular formula is C27H34N6O. The number of aromatic amines is 1. The van der Waals surface area contributed by atoms with Crippen molar-refractivity contribution in [2.45, 2.75) is 45.4 Å². The van der Waals surface area contributed by atoms with E-state index >= 15 is 0 Å². The van der Waals surface area contributed by atoms with E-state index in [0.29, 0.717) is 18.4 Å². The van der Waals surface area contributed by atoms with E-state index < -0.39 is 0 Å². The number of carbonyl (C=O) groups excluding carboxylic acids is 1. The Labute approximate surface area is 200 Å². The number of likely N-dealkylation sites (N-methyl/N-ethyl adjacent to an activating group) is 1. The van der Waals surface area contributed by atoms with Crippen LogP contribution in [-0.4, -0.2) is 69.0 Å². The number of pyridine rings is 1. The third kappa shape index (κ3) is 4.09. The summed E-state index contributed by atoms with van der Waals surface area (Å²) in [5.74, 6) is 1.09. The molecule has 1 N–H and O–H groups in total. The van der Waals surface area contributed by atoms with E-state index in [1.807, 2.05) is 18.6 Å². The fourth-order valence-corrected chi connectivity index (χ4v) is 5.27. The predicted molar refractivity (Wildman–Crippen MR) is 136 cm³/mol. The molecule has 1 aromatic carbocycles. The van der Waals surface area contributed by atoms with Gasteiger partial charge in [-0.1, -0.05) is 19.9 Å². The van der Waals surface area contributed by atoms with Crippen molar-refractivity contribution in [2.75, 3.05) is 33.7 Å². The number of hydrogen-bond donors (Lipinski definition) is 1. The van der Waals surface area contributed by atoms with Crippen LogP contribution >= 0.6 is 0 Å². The van der Waals surface area contributed by atoms with Crippen LogP contribution in [0.3, 0.4) is 0 Å². The van der Waals surface area contributed by atoms with Gasteiger partial charge in [-0.25, -0.2) is 9.50 Å². The second-order valence-corrected chi connectivity index (χ2v) is 10.1. The summed E-state index contributed by atoms with van der Waals surface area (Å²) >= 11 is 0. The van der Waals surface area contributed by atoms with E-state index in [1.54, 1.807) is 11.2 Å². The number of carbonyl (C=O) groups is 1. The molecule has 5 rings (SSSR count). The Kier molecular flexibility index (Phi) is 5.90. The first kappa shape index (κ1) is 22.6. The van der Waals surface area contributed by atoms with Gasteiger partial charge in [0.15, 0.2) is 5.65 Å². The molecule has 0 atom stereocenters. The zero-order valence-corrected chi connectivity index (χ0v) is 20.8. The largest absolute Gasteiger partial charge is 0.354 e. The zero-order chi connectivity index (χ0) is 24.0.